The van der Waals surface area contributed by atoms with Gasteiger partial charge in [-0.1, -0.05) is 60.7 Å². The number of nitrogens with zero attached hydrogens (tertiary/aromatic N) is 4. The van der Waals surface area contributed by atoms with Crippen molar-refractivity contribution in [2.24, 2.45) is 17.6 Å². The molecule has 0 radical (unpaired) electrons. The van der Waals surface area contributed by atoms with E-state index in [9.17, 15) is 51.1 Å². The lowest BCUT2D eigenvalue weighted by Gasteiger charge is -2.35. The number of para-hydroxylation sites is 2. The third-order valence-corrected chi connectivity index (χ3v) is 11.9. The Labute approximate surface area is 427 Å². The van der Waals surface area contributed by atoms with Crippen molar-refractivity contribution in [3.05, 3.63) is 131 Å². The highest BCUT2D eigenvalue weighted by Gasteiger charge is 2.39. The van der Waals surface area contributed by atoms with E-state index >= 15 is 4.39 Å². The van der Waals surface area contributed by atoms with E-state index in [1.54, 1.807) is 77.9 Å². The number of rotatable bonds is 13. The summed E-state index contributed by atoms with van der Waals surface area (Å²) in [6, 6.07) is 25.3. The topological polar surface area (TPSA) is 189 Å². The van der Waals surface area contributed by atoms with Crippen LogP contribution in [-0.2, 0) is 36.9 Å². The number of likely N-dealkylation sites (tertiary alicyclic amines) is 2. The maximum Gasteiger partial charge on any atom is 0.471 e. The molecule has 398 valence electrons. The second-order valence-electron chi connectivity index (χ2n) is 19.8. The molecule has 3 N–H and O–H groups in total. The van der Waals surface area contributed by atoms with Gasteiger partial charge in [-0.3, -0.25) is 24.0 Å². The third-order valence-electron chi connectivity index (χ3n) is 11.9. The molecule has 20 heteroatoms. The third kappa shape index (κ3) is 16.7. The molecule has 0 atom stereocenters. The van der Waals surface area contributed by atoms with Crippen LogP contribution in [0.5, 0.6) is 0 Å². The number of ketones is 2. The summed E-state index contributed by atoms with van der Waals surface area (Å²) >= 11 is 0. The second-order valence-corrected chi connectivity index (χ2v) is 19.8. The minimum atomic E-state index is -5.14. The van der Waals surface area contributed by atoms with Crippen molar-refractivity contribution >= 4 is 52.8 Å². The number of nitrogens with one attached hydrogen (secondary N) is 1. The molecular weight excluding hydrogens is 972 g/mol. The highest BCUT2D eigenvalue weighted by atomic mass is 19.4. The zero-order valence-corrected chi connectivity index (χ0v) is 42.3. The number of anilines is 2. The minimum absolute atomic E-state index is 0.0258. The number of alkyl halides is 3. The first kappa shape index (κ1) is 57.7. The Morgan fingerprint density at radius 1 is 0.581 bits per heavy atom. The van der Waals surface area contributed by atoms with Crippen LogP contribution < -0.4 is 20.9 Å². The van der Waals surface area contributed by atoms with Gasteiger partial charge >= 0.3 is 24.3 Å². The Balaban J connectivity index is 0.000000278. The molecule has 2 fully saturated rings. The molecule has 0 aliphatic carbocycles. The van der Waals surface area contributed by atoms with Gasteiger partial charge in [0.05, 0.1) is 26.2 Å². The lowest BCUT2D eigenvalue weighted by Crippen LogP contribution is -2.45. The van der Waals surface area contributed by atoms with E-state index in [4.69, 9.17) is 15.2 Å². The van der Waals surface area contributed by atoms with Crippen LogP contribution in [0.1, 0.15) is 99.1 Å². The van der Waals surface area contributed by atoms with Gasteiger partial charge in [0.15, 0.2) is 11.6 Å². The zero-order valence-electron chi connectivity index (χ0n) is 42.3. The molecule has 0 saturated carbocycles. The number of nitrogens with two attached hydrogens (primary N) is 1. The number of ether oxygens (including phenoxy) is 2. The molecule has 0 unspecified atom stereocenters. The molecule has 0 spiro atoms. The van der Waals surface area contributed by atoms with Gasteiger partial charge in [0.2, 0.25) is 11.8 Å². The van der Waals surface area contributed by atoms with E-state index in [2.05, 4.69) is 0 Å². The lowest BCUT2D eigenvalue weighted by molar-refractivity contribution is -0.173. The van der Waals surface area contributed by atoms with Gasteiger partial charge < -0.3 is 40.1 Å². The summed E-state index contributed by atoms with van der Waals surface area (Å²) in [7, 11) is 0. The number of amides is 5. The standard InChI is InChI=1S/C28H31F4N3O5.C26H32FN3O4/c1-27(2,3)40-26(39)34-13-11-18(12-14-34)24(37)35(21-7-5-4-6-8-21)17-20-10-9-19(15-22(20)29)23(36)16-33-25(38)28(30,31)32;1-26(2,3)34-25(33)29-13-11-18(12-14-29)24(32)30(21-7-5-4-6-8-21)17-20-10-9-19(15-22(20)27)23(31)16-28/h4-10,15,18H,11-14,16-17H2,1-3H3,(H,33,38);4-10,15,18H,11-14,16-17,28H2,1-3H3. The van der Waals surface area contributed by atoms with Crippen LogP contribution in [0.2, 0.25) is 0 Å². The molecule has 2 saturated heterocycles. The summed E-state index contributed by atoms with van der Waals surface area (Å²) in [5, 5.41) is 1.46. The lowest BCUT2D eigenvalue weighted by atomic mass is 9.94. The van der Waals surface area contributed by atoms with Gasteiger partial charge in [-0.05, 0) is 104 Å². The molecule has 74 heavy (non-hydrogen) atoms. The Bertz CT molecular complexity index is 2620. The van der Waals surface area contributed by atoms with E-state index in [1.165, 1.54) is 34.5 Å². The summed E-state index contributed by atoms with van der Waals surface area (Å²) < 4.78 is 77.8. The number of halogens is 5. The smallest absolute Gasteiger partial charge is 0.444 e. The van der Waals surface area contributed by atoms with Gasteiger partial charge in [0, 0.05) is 71.6 Å². The quantitative estimate of drug-likeness (QED) is 0.0966. The van der Waals surface area contributed by atoms with Crippen molar-refractivity contribution in [1.82, 2.24) is 15.1 Å². The fraction of sp³-hybridized carbons (Fsp3) is 0.426. The fourth-order valence-corrected chi connectivity index (χ4v) is 8.04. The predicted molar refractivity (Wildman–Crippen MR) is 266 cm³/mol. The number of carbonyl (C=O) groups excluding carboxylic acids is 7. The summed E-state index contributed by atoms with van der Waals surface area (Å²) in [4.78, 5) is 93.0. The molecule has 2 aliphatic rings. The summed E-state index contributed by atoms with van der Waals surface area (Å²) in [6.07, 6.45) is -4.21. The first-order valence-electron chi connectivity index (χ1n) is 24.1. The van der Waals surface area contributed by atoms with E-state index in [-0.39, 0.29) is 65.9 Å². The number of piperidine rings is 2. The van der Waals surface area contributed by atoms with Crippen LogP contribution >= 0.6 is 0 Å². The Morgan fingerprint density at radius 2 is 0.946 bits per heavy atom. The molecule has 0 bridgehead atoms. The Hall–Kier alpha value is -7.22. The van der Waals surface area contributed by atoms with Gasteiger partial charge in [-0.2, -0.15) is 13.2 Å². The minimum Gasteiger partial charge on any atom is -0.444 e. The van der Waals surface area contributed by atoms with E-state index in [0.29, 0.717) is 68.8 Å². The molecule has 5 amide bonds. The molecule has 2 heterocycles. The maximum absolute atomic E-state index is 15.0. The van der Waals surface area contributed by atoms with Crippen LogP contribution in [0.3, 0.4) is 0 Å². The number of carbonyl (C=O) groups is 7. The van der Waals surface area contributed by atoms with Crippen molar-refractivity contribution in [2.45, 2.75) is 97.7 Å². The molecule has 0 aromatic heterocycles. The average Bonchev–Trinajstić information content (AvgIpc) is 3.36. The van der Waals surface area contributed by atoms with Crippen molar-refractivity contribution in [2.75, 3.05) is 49.1 Å². The zero-order chi connectivity index (χ0) is 54.5. The molecule has 15 nitrogen and oxygen atoms in total. The SMILES string of the molecule is CC(C)(C)OC(=O)N1CCC(C(=O)N(Cc2ccc(C(=O)CN)cc2F)c2ccccc2)CC1.CC(C)(C)OC(=O)N1CCC(C(=O)N(Cc2ccc(C(=O)CNC(=O)C(F)(F)F)cc2F)c2ccccc2)CC1. The molecular formula is C54H63F5N6O9. The van der Waals surface area contributed by atoms with Crippen LogP contribution in [-0.4, -0.2) is 108 Å². The van der Waals surface area contributed by atoms with Gasteiger partial charge in [0.25, 0.3) is 0 Å². The van der Waals surface area contributed by atoms with Gasteiger partial charge in [-0.25, -0.2) is 18.4 Å². The van der Waals surface area contributed by atoms with E-state index in [0.717, 1.165) is 12.1 Å². The monoisotopic (exact) mass is 1030 g/mol. The second kappa shape index (κ2) is 25.1. The largest absolute Gasteiger partial charge is 0.471 e. The van der Waals surface area contributed by atoms with Crippen LogP contribution in [0, 0.1) is 23.5 Å². The summed E-state index contributed by atoms with van der Waals surface area (Å²) in [5.74, 6) is -6.05. The Morgan fingerprint density at radius 3 is 1.27 bits per heavy atom. The summed E-state index contributed by atoms with van der Waals surface area (Å²) in [6.45, 7) is 10.9. The van der Waals surface area contributed by atoms with Crippen molar-refractivity contribution in [3.63, 3.8) is 0 Å². The first-order valence-corrected chi connectivity index (χ1v) is 24.1. The van der Waals surface area contributed by atoms with Gasteiger partial charge in [0.1, 0.15) is 22.8 Å². The van der Waals surface area contributed by atoms with Crippen molar-refractivity contribution < 1.29 is 65.0 Å². The molecule has 4 aromatic rings. The number of benzene rings is 4. The summed E-state index contributed by atoms with van der Waals surface area (Å²) in [5.41, 5.74) is 5.69. The van der Waals surface area contributed by atoms with Crippen molar-refractivity contribution in [1.29, 1.82) is 0 Å². The number of hydrogen-bond donors (Lipinski definition) is 2. The van der Waals surface area contributed by atoms with Gasteiger partial charge in [-0.15, -0.1) is 0 Å². The van der Waals surface area contributed by atoms with Crippen LogP contribution in [0.15, 0.2) is 97.1 Å². The van der Waals surface area contributed by atoms with Crippen LogP contribution in [0.25, 0.3) is 0 Å². The highest BCUT2D eigenvalue weighted by molar-refractivity contribution is 6.00. The Kier molecular flexibility index (Phi) is 19.6. The van der Waals surface area contributed by atoms with E-state index < -0.39 is 59.3 Å². The highest BCUT2D eigenvalue weighted by Crippen LogP contribution is 2.29. The predicted octanol–water partition coefficient (Wildman–Crippen LogP) is 9.01. The average molecular weight is 1040 g/mol. The van der Waals surface area contributed by atoms with Crippen LogP contribution in [0.4, 0.5) is 42.9 Å². The number of hydrogen-bond acceptors (Lipinski definition) is 10. The fourth-order valence-electron chi connectivity index (χ4n) is 8.04. The molecule has 6 rings (SSSR count). The van der Waals surface area contributed by atoms with Crippen molar-refractivity contribution in [3.8, 4) is 0 Å². The molecule has 2 aliphatic heterocycles. The normalized spacial score (nSPS) is 14.5. The number of Topliss-reactive ketones (excluding diaryl/α,β-unsaturated/α-hetero) is 2. The molecule has 4 aromatic carbocycles. The van der Waals surface area contributed by atoms with E-state index in [1.807, 2.05) is 39.0 Å². The maximum atomic E-state index is 15.0. The first-order chi connectivity index (χ1) is 34.7.